The van der Waals surface area contributed by atoms with Gasteiger partial charge in [0.25, 0.3) is 0 Å². The molecule has 1 heterocycles. The van der Waals surface area contributed by atoms with Crippen LogP contribution < -0.4 is 5.73 Å². The summed E-state index contributed by atoms with van der Waals surface area (Å²) in [6, 6.07) is 0.628. The fourth-order valence-electron chi connectivity index (χ4n) is 2.50. The van der Waals surface area contributed by atoms with Crippen LogP contribution in [-0.2, 0) is 0 Å². The third kappa shape index (κ3) is 4.27. The van der Waals surface area contributed by atoms with Crippen molar-refractivity contribution < 1.29 is 0 Å². The van der Waals surface area contributed by atoms with E-state index in [9.17, 15) is 0 Å². The summed E-state index contributed by atoms with van der Waals surface area (Å²) in [5, 5.41) is 0. The van der Waals surface area contributed by atoms with Gasteiger partial charge in [0.1, 0.15) is 0 Å². The molecule has 0 aliphatic carbocycles. The minimum absolute atomic E-state index is 0.628. The zero-order chi connectivity index (χ0) is 12.0. The van der Waals surface area contributed by atoms with Crippen molar-refractivity contribution in [3.63, 3.8) is 0 Å². The van der Waals surface area contributed by atoms with Gasteiger partial charge in [-0.25, -0.2) is 0 Å². The van der Waals surface area contributed by atoms with Crippen molar-refractivity contribution in [3.05, 3.63) is 0 Å². The summed E-state index contributed by atoms with van der Waals surface area (Å²) in [6.07, 6.45) is 2.63. The molecular weight excluding hydrogens is 216 g/mol. The molecule has 0 aromatic carbocycles. The van der Waals surface area contributed by atoms with Gasteiger partial charge in [-0.15, -0.1) is 0 Å². The summed E-state index contributed by atoms with van der Waals surface area (Å²) in [5.41, 5.74) is 5.91. The minimum atomic E-state index is 0.628. The molecular formula is C13H28N2S. The largest absolute Gasteiger partial charge is 0.329 e. The number of hydrogen-bond donors (Lipinski definition) is 1. The van der Waals surface area contributed by atoms with E-state index in [0.29, 0.717) is 6.04 Å². The highest BCUT2D eigenvalue weighted by Gasteiger charge is 2.28. The molecule has 1 aliphatic rings. The van der Waals surface area contributed by atoms with Gasteiger partial charge in [0, 0.05) is 19.1 Å². The van der Waals surface area contributed by atoms with Gasteiger partial charge in [-0.3, -0.25) is 4.90 Å². The number of thioether (sulfide) groups is 1. The Morgan fingerprint density at radius 1 is 1.44 bits per heavy atom. The smallest absolute Gasteiger partial charge is 0.0226 e. The summed E-state index contributed by atoms with van der Waals surface area (Å²) in [7, 11) is 0. The number of nitrogens with two attached hydrogens (primary N) is 1. The molecule has 2 unspecified atom stereocenters. The standard InChI is InChI=1S/C13H28N2S/c1-4-16-8-6-13(9-14)15-7-5-12(10-15)11(2)3/h11-13H,4-10,14H2,1-3H3. The number of rotatable bonds is 7. The monoisotopic (exact) mass is 244 g/mol. The lowest BCUT2D eigenvalue weighted by atomic mass is 9.95. The predicted octanol–water partition coefficient (Wildman–Crippen LogP) is 2.43. The van der Waals surface area contributed by atoms with Crippen molar-refractivity contribution in [3.8, 4) is 0 Å². The molecule has 0 aromatic rings. The van der Waals surface area contributed by atoms with Crippen LogP contribution in [0.2, 0.25) is 0 Å². The second-order valence-electron chi connectivity index (χ2n) is 5.16. The molecule has 96 valence electrons. The molecule has 1 rings (SSSR count). The molecule has 0 saturated carbocycles. The summed E-state index contributed by atoms with van der Waals surface area (Å²) in [6.45, 7) is 10.3. The molecule has 1 aliphatic heterocycles. The van der Waals surface area contributed by atoms with E-state index < -0.39 is 0 Å². The van der Waals surface area contributed by atoms with Crippen molar-refractivity contribution in [1.82, 2.24) is 4.90 Å². The topological polar surface area (TPSA) is 29.3 Å². The van der Waals surface area contributed by atoms with Gasteiger partial charge in [-0.05, 0) is 42.7 Å². The van der Waals surface area contributed by atoms with Gasteiger partial charge in [0.2, 0.25) is 0 Å². The van der Waals surface area contributed by atoms with Crippen LogP contribution in [0.25, 0.3) is 0 Å². The second kappa shape index (κ2) is 7.57. The maximum Gasteiger partial charge on any atom is 0.0226 e. The van der Waals surface area contributed by atoms with Crippen molar-refractivity contribution >= 4 is 11.8 Å². The summed E-state index contributed by atoms with van der Waals surface area (Å²) in [5.74, 6) is 4.22. The Hall–Kier alpha value is 0.270. The van der Waals surface area contributed by atoms with Crippen molar-refractivity contribution in [1.29, 1.82) is 0 Å². The first-order valence-corrected chi connectivity index (χ1v) is 7.86. The highest BCUT2D eigenvalue weighted by Crippen LogP contribution is 2.26. The number of likely N-dealkylation sites (tertiary alicyclic amines) is 1. The van der Waals surface area contributed by atoms with E-state index in [1.54, 1.807) is 0 Å². The van der Waals surface area contributed by atoms with Crippen LogP contribution >= 0.6 is 11.8 Å². The zero-order valence-corrected chi connectivity index (χ0v) is 11.9. The minimum Gasteiger partial charge on any atom is -0.329 e. The van der Waals surface area contributed by atoms with E-state index in [0.717, 1.165) is 18.4 Å². The summed E-state index contributed by atoms with van der Waals surface area (Å²) < 4.78 is 0. The molecule has 1 fully saturated rings. The predicted molar refractivity (Wildman–Crippen MR) is 75.0 cm³/mol. The first-order chi connectivity index (χ1) is 7.69. The van der Waals surface area contributed by atoms with Crippen LogP contribution in [0.4, 0.5) is 0 Å². The van der Waals surface area contributed by atoms with Crippen LogP contribution in [0.15, 0.2) is 0 Å². The molecule has 16 heavy (non-hydrogen) atoms. The SMILES string of the molecule is CCSCCC(CN)N1CCC(C(C)C)C1. The Morgan fingerprint density at radius 2 is 2.19 bits per heavy atom. The summed E-state index contributed by atoms with van der Waals surface area (Å²) in [4.78, 5) is 2.63. The van der Waals surface area contributed by atoms with Gasteiger partial charge in [-0.2, -0.15) is 11.8 Å². The van der Waals surface area contributed by atoms with E-state index in [2.05, 4.69) is 25.7 Å². The lowest BCUT2D eigenvalue weighted by Crippen LogP contribution is -2.39. The molecule has 0 amide bonds. The highest BCUT2D eigenvalue weighted by atomic mass is 32.2. The average molecular weight is 244 g/mol. The lowest BCUT2D eigenvalue weighted by Gasteiger charge is -2.27. The first-order valence-electron chi connectivity index (χ1n) is 6.70. The molecule has 0 radical (unpaired) electrons. The molecule has 3 heteroatoms. The van der Waals surface area contributed by atoms with E-state index in [4.69, 9.17) is 5.73 Å². The third-order valence-electron chi connectivity index (χ3n) is 3.79. The lowest BCUT2D eigenvalue weighted by molar-refractivity contribution is 0.225. The van der Waals surface area contributed by atoms with Crippen LogP contribution in [0.3, 0.4) is 0 Å². The third-order valence-corrected chi connectivity index (χ3v) is 4.72. The second-order valence-corrected chi connectivity index (χ2v) is 6.56. The number of nitrogens with zero attached hydrogens (tertiary/aromatic N) is 1. The quantitative estimate of drug-likeness (QED) is 0.698. The molecule has 1 saturated heterocycles. The molecule has 0 bridgehead atoms. The average Bonchev–Trinajstić information content (AvgIpc) is 2.74. The Morgan fingerprint density at radius 3 is 2.69 bits per heavy atom. The van der Waals surface area contributed by atoms with E-state index in [1.165, 1.54) is 37.4 Å². The maximum atomic E-state index is 5.91. The molecule has 2 nitrogen and oxygen atoms in total. The Labute approximate surface area is 105 Å². The highest BCUT2D eigenvalue weighted by molar-refractivity contribution is 7.99. The van der Waals surface area contributed by atoms with Gasteiger partial charge in [-0.1, -0.05) is 20.8 Å². The maximum absolute atomic E-state index is 5.91. The van der Waals surface area contributed by atoms with E-state index in [1.807, 2.05) is 11.8 Å². The van der Waals surface area contributed by atoms with Crippen molar-refractivity contribution in [2.45, 2.75) is 39.7 Å². The van der Waals surface area contributed by atoms with Crippen LogP contribution in [-0.4, -0.2) is 42.1 Å². The number of hydrogen-bond acceptors (Lipinski definition) is 3. The van der Waals surface area contributed by atoms with Crippen LogP contribution in [0.5, 0.6) is 0 Å². The Bertz CT molecular complexity index is 185. The fraction of sp³-hybridized carbons (Fsp3) is 1.00. The fourth-order valence-corrected chi connectivity index (χ4v) is 3.23. The normalized spacial score (nSPS) is 24.2. The Balaban J connectivity index is 2.31. The molecule has 0 aromatic heterocycles. The van der Waals surface area contributed by atoms with Gasteiger partial charge in [0.05, 0.1) is 0 Å². The van der Waals surface area contributed by atoms with Crippen LogP contribution in [0.1, 0.15) is 33.6 Å². The van der Waals surface area contributed by atoms with Gasteiger partial charge in [0.15, 0.2) is 0 Å². The van der Waals surface area contributed by atoms with Crippen LogP contribution in [0, 0.1) is 11.8 Å². The van der Waals surface area contributed by atoms with Gasteiger partial charge >= 0.3 is 0 Å². The van der Waals surface area contributed by atoms with E-state index in [-0.39, 0.29) is 0 Å². The van der Waals surface area contributed by atoms with Gasteiger partial charge < -0.3 is 5.73 Å². The van der Waals surface area contributed by atoms with Crippen molar-refractivity contribution in [2.24, 2.45) is 17.6 Å². The zero-order valence-electron chi connectivity index (χ0n) is 11.1. The Kier molecular flexibility index (Phi) is 6.78. The molecule has 2 N–H and O–H groups in total. The molecule has 2 atom stereocenters. The summed E-state index contributed by atoms with van der Waals surface area (Å²) >= 11 is 2.04. The van der Waals surface area contributed by atoms with E-state index >= 15 is 0 Å². The van der Waals surface area contributed by atoms with Crippen molar-refractivity contribution in [2.75, 3.05) is 31.1 Å². The molecule has 0 spiro atoms. The first kappa shape index (κ1) is 14.3.